The maximum Gasteiger partial charge on any atom is 0.421 e. The molecule has 3 amide bonds. The molecule has 5 rings (SSSR count). The number of hydrogen-bond acceptors (Lipinski definition) is 10. The Morgan fingerprint density at radius 1 is 0.961 bits per heavy atom. The van der Waals surface area contributed by atoms with Crippen molar-refractivity contribution < 1.29 is 37.0 Å². The number of rotatable bonds is 11. The fraction of sp³-hybridized carbons (Fsp3) is 0.429. The molecule has 1 atom stereocenters. The van der Waals surface area contributed by atoms with Crippen LogP contribution in [0, 0.1) is 12.8 Å². The molecule has 2 aromatic heterocycles. The monoisotopic (exact) mass is 710 g/mol. The molecule has 2 fully saturated rings. The molecule has 1 aromatic carbocycles. The highest BCUT2D eigenvalue weighted by Gasteiger charge is 2.36. The molecule has 0 unspecified atom stereocenters. The molecule has 0 spiro atoms. The number of anilines is 5. The van der Waals surface area contributed by atoms with E-state index in [1.807, 2.05) is 0 Å². The summed E-state index contributed by atoms with van der Waals surface area (Å²) in [6.07, 6.45) is -0.00116. The van der Waals surface area contributed by atoms with Gasteiger partial charge in [0.15, 0.2) is 6.10 Å². The molecule has 1 saturated heterocycles. The molecule has 3 aromatic rings. The van der Waals surface area contributed by atoms with Crippen LogP contribution in [0.4, 0.5) is 42.0 Å². The van der Waals surface area contributed by atoms with Gasteiger partial charge in [-0.1, -0.05) is 19.4 Å². The summed E-state index contributed by atoms with van der Waals surface area (Å²) < 4.78 is 53.9. The van der Waals surface area contributed by atoms with Crippen LogP contribution in [0.5, 0.6) is 11.6 Å². The largest absolute Gasteiger partial charge is 0.481 e. The number of benzene rings is 1. The fourth-order valence-electron chi connectivity index (χ4n) is 5.97. The van der Waals surface area contributed by atoms with Crippen LogP contribution in [0.2, 0.25) is 0 Å². The van der Waals surface area contributed by atoms with E-state index in [1.54, 1.807) is 29.7 Å². The maximum absolute atomic E-state index is 14.2. The van der Waals surface area contributed by atoms with Gasteiger partial charge in [-0.25, -0.2) is 9.97 Å². The average Bonchev–Trinajstić information content (AvgIpc) is 3.64. The quantitative estimate of drug-likeness (QED) is 0.207. The Bertz CT molecular complexity index is 1790. The molecule has 1 aliphatic heterocycles. The standard InChI is InChI=1S/C35H41F3N8O5/c1-20-18-39-30(50-5)17-28(20)43-34-40-19-26(35(36,37)38)31(44-34)41-27-11-10-25(16-29(27)42-32(48)21(2)24-8-6-7-9-24)51-22(3)33(49)46-14-12-45(13-15-46)23(4)47/h10-11,16-19,22,24H,2,6-9,12-15H2,1,3-5H3,(H,42,48)(H2,39,40,41,43,44)/t22-/m1/s1. The third-order valence-corrected chi connectivity index (χ3v) is 8.96. The lowest BCUT2D eigenvalue weighted by atomic mass is 9.98. The zero-order valence-corrected chi connectivity index (χ0v) is 28.9. The molecule has 0 bridgehead atoms. The van der Waals surface area contributed by atoms with Crippen molar-refractivity contribution in [3.63, 3.8) is 0 Å². The van der Waals surface area contributed by atoms with E-state index in [9.17, 15) is 27.6 Å². The van der Waals surface area contributed by atoms with Gasteiger partial charge in [0.05, 0.1) is 24.2 Å². The van der Waals surface area contributed by atoms with Crippen molar-refractivity contribution in [1.29, 1.82) is 0 Å². The van der Waals surface area contributed by atoms with E-state index >= 15 is 0 Å². The Kier molecular flexibility index (Phi) is 11.3. The summed E-state index contributed by atoms with van der Waals surface area (Å²) in [5.74, 6) is -1.10. The van der Waals surface area contributed by atoms with Crippen LogP contribution < -0.4 is 25.4 Å². The zero-order chi connectivity index (χ0) is 36.9. The average molecular weight is 711 g/mol. The lowest BCUT2D eigenvalue weighted by molar-refractivity contribution is -0.143. The Labute approximate surface area is 293 Å². The predicted octanol–water partition coefficient (Wildman–Crippen LogP) is 5.84. The van der Waals surface area contributed by atoms with Gasteiger partial charge in [0.2, 0.25) is 17.7 Å². The topological polar surface area (TPSA) is 151 Å². The molecule has 2 aliphatic rings. The molecule has 3 heterocycles. The van der Waals surface area contributed by atoms with Crippen LogP contribution in [0.3, 0.4) is 0 Å². The molecule has 0 radical (unpaired) electrons. The lowest BCUT2D eigenvalue weighted by Gasteiger charge is -2.35. The van der Waals surface area contributed by atoms with Gasteiger partial charge in [0.25, 0.3) is 11.8 Å². The van der Waals surface area contributed by atoms with Crippen LogP contribution in [-0.2, 0) is 20.6 Å². The minimum Gasteiger partial charge on any atom is -0.481 e. The lowest BCUT2D eigenvalue weighted by Crippen LogP contribution is -2.52. The molecule has 1 saturated carbocycles. The Balaban J connectivity index is 1.43. The second-order valence-electron chi connectivity index (χ2n) is 12.5. The van der Waals surface area contributed by atoms with Crippen molar-refractivity contribution in [3.8, 4) is 11.6 Å². The predicted molar refractivity (Wildman–Crippen MR) is 184 cm³/mol. The van der Waals surface area contributed by atoms with E-state index in [1.165, 1.54) is 38.4 Å². The van der Waals surface area contributed by atoms with Crippen LogP contribution in [-0.4, -0.2) is 81.9 Å². The SMILES string of the molecule is C=C(C(=O)Nc1cc(O[C@H](C)C(=O)N2CCN(C(C)=O)CC2)ccc1Nc1nc(Nc2cc(OC)ncc2C)ncc1C(F)(F)F)C1CCCC1. The number of halogens is 3. The summed E-state index contributed by atoms with van der Waals surface area (Å²) in [5.41, 5.74) is 0.521. The number of methoxy groups -OCH3 is 1. The van der Waals surface area contributed by atoms with Gasteiger partial charge in [-0.3, -0.25) is 14.4 Å². The number of pyridine rings is 1. The van der Waals surface area contributed by atoms with E-state index in [0.29, 0.717) is 49.2 Å². The number of nitrogens with one attached hydrogen (secondary N) is 3. The summed E-state index contributed by atoms with van der Waals surface area (Å²) in [5, 5.41) is 8.44. The molecule has 272 valence electrons. The van der Waals surface area contributed by atoms with E-state index in [-0.39, 0.29) is 46.7 Å². The number of carbonyl (C=O) groups excluding carboxylic acids is 3. The third-order valence-electron chi connectivity index (χ3n) is 8.96. The number of ether oxygens (including phenoxy) is 2. The smallest absolute Gasteiger partial charge is 0.421 e. The van der Waals surface area contributed by atoms with Gasteiger partial charge >= 0.3 is 6.18 Å². The summed E-state index contributed by atoms with van der Waals surface area (Å²) in [4.78, 5) is 53.7. The Morgan fingerprint density at radius 3 is 2.29 bits per heavy atom. The molecule has 13 nitrogen and oxygen atoms in total. The van der Waals surface area contributed by atoms with Crippen molar-refractivity contribution in [2.24, 2.45) is 5.92 Å². The molecular weight excluding hydrogens is 669 g/mol. The summed E-state index contributed by atoms with van der Waals surface area (Å²) in [7, 11) is 1.44. The van der Waals surface area contributed by atoms with Crippen molar-refractivity contribution >= 4 is 46.5 Å². The van der Waals surface area contributed by atoms with Gasteiger partial charge in [0.1, 0.15) is 17.1 Å². The van der Waals surface area contributed by atoms with E-state index in [4.69, 9.17) is 9.47 Å². The zero-order valence-electron chi connectivity index (χ0n) is 28.9. The number of hydrogen-bond donors (Lipinski definition) is 3. The van der Waals surface area contributed by atoms with Crippen LogP contribution in [0.15, 0.2) is 48.8 Å². The minimum absolute atomic E-state index is 0.00967. The van der Waals surface area contributed by atoms with Crippen LogP contribution >= 0.6 is 0 Å². The first-order valence-electron chi connectivity index (χ1n) is 16.6. The highest BCUT2D eigenvalue weighted by atomic mass is 19.4. The first-order valence-corrected chi connectivity index (χ1v) is 16.6. The molecule has 51 heavy (non-hydrogen) atoms. The van der Waals surface area contributed by atoms with E-state index in [2.05, 4.69) is 37.5 Å². The number of aryl methyl sites for hydroxylation is 1. The van der Waals surface area contributed by atoms with Gasteiger partial charge < -0.3 is 35.2 Å². The molecular formula is C35H41F3N8O5. The highest BCUT2D eigenvalue weighted by molar-refractivity contribution is 6.05. The van der Waals surface area contributed by atoms with Crippen LogP contribution in [0.1, 0.15) is 50.7 Å². The van der Waals surface area contributed by atoms with Crippen molar-refractivity contribution in [2.45, 2.75) is 58.7 Å². The van der Waals surface area contributed by atoms with Gasteiger partial charge in [-0.05, 0) is 50.3 Å². The fourth-order valence-corrected chi connectivity index (χ4v) is 5.97. The van der Waals surface area contributed by atoms with E-state index < -0.39 is 29.6 Å². The Hall–Kier alpha value is -5.41. The van der Waals surface area contributed by atoms with Gasteiger partial charge in [0, 0.05) is 63.2 Å². The highest BCUT2D eigenvalue weighted by Crippen LogP contribution is 2.38. The summed E-state index contributed by atoms with van der Waals surface area (Å²) >= 11 is 0. The first-order chi connectivity index (χ1) is 24.2. The third kappa shape index (κ3) is 9.04. The number of aromatic nitrogens is 3. The molecule has 16 heteroatoms. The van der Waals surface area contributed by atoms with Gasteiger partial charge in [-0.15, -0.1) is 0 Å². The first kappa shape index (κ1) is 36.9. The molecule has 3 N–H and O–H groups in total. The number of piperazine rings is 1. The minimum atomic E-state index is -4.83. The molecule has 1 aliphatic carbocycles. The summed E-state index contributed by atoms with van der Waals surface area (Å²) in [6.45, 7) is 10.3. The second kappa shape index (κ2) is 15.6. The van der Waals surface area contributed by atoms with Crippen LogP contribution in [0.25, 0.3) is 0 Å². The summed E-state index contributed by atoms with van der Waals surface area (Å²) in [6, 6.07) is 5.89. The Morgan fingerprint density at radius 2 is 1.65 bits per heavy atom. The number of alkyl halides is 3. The number of nitrogens with zero attached hydrogens (tertiary/aromatic N) is 5. The van der Waals surface area contributed by atoms with Crippen molar-refractivity contribution in [3.05, 3.63) is 59.9 Å². The van der Waals surface area contributed by atoms with E-state index in [0.717, 1.165) is 25.7 Å². The maximum atomic E-state index is 14.2. The number of carbonyl (C=O) groups is 3. The van der Waals surface area contributed by atoms with Crippen molar-refractivity contribution in [1.82, 2.24) is 24.8 Å². The normalized spacial score (nSPS) is 15.6. The second-order valence-corrected chi connectivity index (χ2v) is 12.5. The number of amides is 3. The van der Waals surface area contributed by atoms with Gasteiger partial charge in [-0.2, -0.15) is 18.2 Å². The van der Waals surface area contributed by atoms with Crippen molar-refractivity contribution in [2.75, 3.05) is 49.2 Å².